The van der Waals surface area contributed by atoms with Crippen molar-refractivity contribution in [3.05, 3.63) is 52.3 Å². The highest BCUT2D eigenvalue weighted by Crippen LogP contribution is 2.21. The Labute approximate surface area is 108 Å². The molecule has 96 valence electrons. The molecule has 1 N–H and O–H groups in total. The van der Waals surface area contributed by atoms with Crippen molar-refractivity contribution in [2.75, 3.05) is 0 Å². The van der Waals surface area contributed by atoms with Crippen molar-refractivity contribution >= 4 is 0 Å². The van der Waals surface area contributed by atoms with Crippen LogP contribution in [0, 0.1) is 20.8 Å². The van der Waals surface area contributed by atoms with E-state index in [0.717, 1.165) is 11.3 Å². The van der Waals surface area contributed by atoms with Crippen LogP contribution in [-0.4, -0.2) is 14.9 Å². The summed E-state index contributed by atoms with van der Waals surface area (Å²) >= 11 is 0. The maximum atomic E-state index is 10.3. The lowest BCUT2D eigenvalue weighted by Gasteiger charge is -2.11. The number of benzene rings is 1. The smallest absolute Gasteiger partial charge is 0.0863 e. The Hall–Kier alpha value is -1.61. The molecule has 2 rings (SSSR count). The van der Waals surface area contributed by atoms with E-state index in [9.17, 15) is 5.11 Å². The quantitative estimate of drug-likeness (QED) is 0.901. The van der Waals surface area contributed by atoms with E-state index in [1.54, 1.807) is 4.68 Å². The molecule has 18 heavy (non-hydrogen) atoms. The molecule has 3 nitrogen and oxygen atoms in total. The maximum Gasteiger partial charge on any atom is 0.0863 e. The average Bonchev–Trinajstić information content (AvgIpc) is 2.56. The number of hydrogen-bond acceptors (Lipinski definition) is 2. The summed E-state index contributed by atoms with van der Waals surface area (Å²) < 4.78 is 1.75. The SMILES string of the molecule is Cc1cc(C)cc(CC(O)c2cn(C)nc2C)c1. The summed E-state index contributed by atoms with van der Waals surface area (Å²) in [5, 5.41) is 14.6. The Morgan fingerprint density at radius 1 is 1.17 bits per heavy atom. The molecule has 1 unspecified atom stereocenters. The highest BCUT2D eigenvalue weighted by atomic mass is 16.3. The van der Waals surface area contributed by atoms with Crippen LogP contribution >= 0.6 is 0 Å². The third kappa shape index (κ3) is 2.79. The van der Waals surface area contributed by atoms with Crippen LogP contribution in [0.4, 0.5) is 0 Å². The van der Waals surface area contributed by atoms with Crippen LogP contribution in [0.1, 0.15) is 34.1 Å². The minimum Gasteiger partial charge on any atom is -0.388 e. The van der Waals surface area contributed by atoms with Crippen molar-refractivity contribution in [3.8, 4) is 0 Å². The molecule has 0 amide bonds. The monoisotopic (exact) mass is 244 g/mol. The van der Waals surface area contributed by atoms with E-state index in [4.69, 9.17) is 0 Å². The number of hydrogen-bond donors (Lipinski definition) is 1. The van der Waals surface area contributed by atoms with Crippen LogP contribution in [0.15, 0.2) is 24.4 Å². The summed E-state index contributed by atoms with van der Waals surface area (Å²) in [6.45, 7) is 6.09. The van der Waals surface area contributed by atoms with Crippen LogP contribution in [-0.2, 0) is 13.5 Å². The van der Waals surface area contributed by atoms with Crippen LogP contribution in [0.2, 0.25) is 0 Å². The van der Waals surface area contributed by atoms with Gasteiger partial charge in [0.25, 0.3) is 0 Å². The number of nitrogens with zero attached hydrogens (tertiary/aromatic N) is 2. The summed E-state index contributed by atoms with van der Waals surface area (Å²) in [5.74, 6) is 0. The topological polar surface area (TPSA) is 38.0 Å². The Morgan fingerprint density at radius 2 is 1.78 bits per heavy atom. The number of aryl methyl sites for hydroxylation is 4. The predicted molar refractivity (Wildman–Crippen MR) is 72.5 cm³/mol. The zero-order valence-corrected chi connectivity index (χ0v) is 11.4. The lowest BCUT2D eigenvalue weighted by Crippen LogP contribution is -2.03. The van der Waals surface area contributed by atoms with Gasteiger partial charge < -0.3 is 5.11 Å². The van der Waals surface area contributed by atoms with Crippen molar-refractivity contribution in [3.63, 3.8) is 0 Å². The van der Waals surface area contributed by atoms with Crippen molar-refractivity contribution in [2.24, 2.45) is 7.05 Å². The fourth-order valence-electron chi connectivity index (χ4n) is 2.47. The van der Waals surface area contributed by atoms with Crippen LogP contribution in [0.25, 0.3) is 0 Å². The van der Waals surface area contributed by atoms with Crippen molar-refractivity contribution < 1.29 is 5.11 Å². The van der Waals surface area contributed by atoms with Crippen molar-refractivity contribution in [1.29, 1.82) is 0 Å². The summed E-state index contributed by atoms with van der Waals surface area (Å²) in [7, 11) is 1.88. The van der Waals surface area contributed by atoms with E-state index >= 15 is 0 Å². The van der Waals surface area contributed by atoms with Gasteiger partial charge in [-0.15, -0.1) is 0 Å². The largest absolute Gasteiger partial charge is 0.388 e. The van der Waals surface area contributed by atoms with Gasteiger partial charge in [0.15, 0.2) is 0 Å². The highest BCUT2D eigenvalue weighted by Gasteiger charge is 2.14. The molecule has 1 aromatic heterocycles. The maximum absolute atomic E-state index is 10.3. The second kappa shape index (κ2) is 4.94. The molecular weight excluding hydrogens is 224 g/mol. The molecule has 0 aliphatic heterocycles. The van der Waals surface area contributed by atoms with Crippen LogP contribution in [0.3, 0.4) is 0 Å². The van der Waals surface area contributed by atoms with Crippen molar-refractivity contribution in [2.45, 2.75) is 33.3 Å². The molecule has 1 atom stereocenters. The van der Waals surface area contributed by atoms with E-state index in [1.807, 2.05) is 20.2 Å². The number of rotatable bonds is 3. The second-order valence-electron chi connectivity index (χ2n) is 5.06. The lowest BCUT2D eigenvalue weighted by atomic mass is 9.99. The first kappa shape index (κ1) is 12.8. The Morgan fingerprint density at radius 3 is 2.28 bits per heavy atom. The molecule has 0 aliphatic rings. The van der Waals surface area contributed by atoms with Gasteiger partial charge in [-0.05, 0) is 26.3 Å². The Bertz CT molecular complexity index is 537. The molecule has 3 heteroatoms. The first-order valence-electron chi connectivity index (χ1n) is 6.21. The standard InChI is InChI=1S/C15H20N2O/c1-10-5-11(2)7-13(6-10)8-15(18)14-9-17(4)16-12(14)3/h5-7,9,15,18H,8H2,1-4H3. The molecule has 2 aromatic rings. The molecule has 0 saturated carbocycles. The number of aliphatic hydroxyl groups is 1. The molecule has 0 aliphatic carbocycles. The Kier molecular flexibility index (Phi) is 3.53. The normalized spacial score (nSPS) is 12.7. The molecule has 0 fully saturated rings. The zero-order chi connectivity index (χ0) is 13.3. The first-order chi connectivity index (χ1) is 8.45. The molecule has 1 aromatic carbocycles. The average molecular weight is 244 g/mol. The summed E-state index contributed by atoms with van der Waals surface area (Å²) in [6.07, 6.45) is 2.04. The molecule has 0 bridgehead atoms. The van der Waals surface area contributed by atoms with E-state index in [1.165, 1.54) is 16.7 Å². The van der Waals surface area contributed by atoms with Gasteiger partial charge in [-0.2, -0.15) is 5.10 Å². The van der Waals surface area contributed by atoms with Gasteiger partial charge in [-0.1, -0.05) is 29.3 Å². The van der Waals surface area contributed by atoms with Gasteiger partial charge in [-0.25, -0.2) is 0 Å². The van der Waals surface area contributed by atoms with E-state index in [-0.39, 0.29) is 0 Å². The van der Waals surface area contributed by atoms with Crippen molar-refractivity contribution in [1.82, 2.24) is 9.78 Å². The molecular formula is C15H20N2O. The fraction of sp³-hybridized carbons (Fsp3) is 0.400. The summed E-state index contributed by atoms with van der Waals surface area (Å²) in [4.78, 5) is 0. The third-order valence-corrected chi connectivity index (χ3v) is 3.12. The van der Waals surface area contributed by atoms with Gasteiger partial charge in [0, 0.05) is 25.2 Å². The van der Waals surface area contributed by atoms with Crippen LogP contribution in [0.5, 0.6) is 0 Å². The first-order valence-corrected chi connectivity index (χ1v) is 6.21. The van der Waals surface area contributed by atoms with E-state index in [0.29, 0.717) is 6.42 Å². The van der Waals surface area contributed by atoms with Gasteiger partial charge in [-0.3, -0.25) is 4.68 Å². The second-order valence-corrected chi connectivity index (χ2v) is 5.06. The fourth-order valence-corrected chi connectivity index (χ4v) is 2.47. The van der Waals surface area contributed by atoms with Gasteiger partial charge in [0.2, 0.25) is 0 Å². The van der Waals surface area contributed by atoms with E-state index in [2.05, 4.69) is 37.1 Å². The minimum absolute atomic E-state index is 0.486. The molecule has 1 heterocycles. The summed E-state index contributed by atoms with van der Waals surface area (Å²) in [6, 6.07) is 6.40. The molecule has 0 radical (unpaired) electrons. The van der Waals surface area contributed by atoms with E-state index < -0.39 is 6.10 Å². The van der Waals surface area contributed by atoms with Gasteiger partial charge in [0.05, 0.1) is 11.8 Å². The minimum atomic E-state index is -0.486. The number of aliphatic hydroxyl groups excluding tert-OH is 1. The number of aromatic nitrogens is 2. The highest BCUT2D eigenvalue weighted by molar-refractivity contribution is 5.30. The lowest BCUT2D eigenvalue weighted by molar-refractivity contribution is 0.177. The molecule has 0 spiro atoms. The zero-order valence-electron chi connectivity index (χ0n) is 11.4. The van der Waals surface area contributed by atoms with Gasteiger partial charge >= 0.3 is 0 Å². The summed E-state index contributed by atoms with van der Waals surface area (Å²) in [5.41, 5.74) is 5.45. The third-order valence-electron chi connectivity index (χ3n) is 3.12. The molecule has 0 saturated heterocycles. The van der Waals surface area contributed by atoms with Crippen LogP contribution < -0.4 is 0 Å². The Balaban J connectivity index is 2.20. The predicted octanol–water partition coefficient (Wildman–Crippen LogP) is 2.62. The van der Waals surface area contributed by atoms with Gasteiger partial charge in [0.1, 0.15) is 0 Å².